The van der Waals surface area contributed by atoms with Crippen LogP contribution in [0.4, 0.5) is 27.7 Å². The molecule has 1 aliphatic rings. The summed E-state index contributed by atoms with van der Waals surface area (Å²) in [5.41, 5.74) is 6.95. The Kier molecular flexibility index (Phi) is 6.34. The van der Waals surface area contributed by atoms with Gasteiger partial charge in [0.2, 0.25) is 11.9 Å². The van der Waals surface area contributed by atoms with E-state index in [-0.39, 0.29) is 12.5 Å². The molecule has 1 aliphatic heterocycles. The van der Waals surface area contributed by atoms with Crippen LogP contribution < -0.4 is 21.3 Å². The number of nitriles is 1. The van der Waals surface area contributed by atoms with Gasteiger partial charge in [0.15, 0.2) is 0 Å². The van der Waals surface area contributed by atoms with Crippen molar-refractivity contribution in [3.63, 3.8) is 0 Å². The van der Waals surface area contributed by atoms with E-state index in [0.717, 1.165) is 0 Å². The predicted molar refractivity (Wildman–Crippen MR) is 126 cm³/mol. The summed E-state index contributed by atoms with van der Waals surface area (Å²) in [7, 11) is 0. The maximum absolute atomic E-state index is 13.6. The van der Waals surface area contributed by atoms with Crippen LogP contribution in [0.25, 0.3) is 11.3 Å². The molecule has 0 aromatic carbocycles. The Morgan fingerprint density at radius 3 is 2.74 bits per heavy atom. The molecule has 0 radical (unpaired) electrons. The quantitative estimate of drug-likeness (QED) is 0.504. The van der Waals surface area contributed by atoms with Crippen molar-refractivity contribution < 1.29 is 9.18 Å². The minimum atomic E-state index is -1.02. The molecule has 0 bridgehead atoms. The first-order chi connectivity index (χ1) is 16.2. The van der Waals surface area contributed by atoms with Crippen molar-refractivity contribution in [2.75, 3.05) is 28.6 Å². The van der Waals surface area contributed by atoms with Gasteiger partial charge in [-0.15, -0.1) is 0 Å². The van der Waals surface area contributed by atoms with Crippen LogP contribution in [0, 0.1) is 11.3 Å². The molecule has 1 fully saturated rings. The summed E-state index contributed by atoms with van der Waals surface area (Å²) < 4.78 is 13.6. The van der Waals surface area contributed by atoms with E-state index in [1.54, 1.807) is 55.4 Å². The zero-order valence-electron chi connectivity index (χ0n) is 18.8. The molecule has 34 heavy (non-hydrogen) atoms. The van der Waals surface area contributed by atoms with Gasteiger partial charge in [0.05, 0.1) is 35.2 Å². The Labute approximate surface area is 196 Å². The van der Waals surface area contributed by atoms with Gasteiger partial charge in [-0.2, -0.15) is 5.26 Å². The Morgan fingerprint density at radius 2 is 2.09 bits per heavy atom. The van der Waals surface area contributed by atoms with Crippen LogP contribution >= 0.6 is 0 Å². The number of hydrogen-bond acceptors (Lipinski definition) is 9. The zero-order valence-corrected chi connectivity index (χ0v) is 18.8. The number of amides is 1. The Balaban J connectivity index is 1.49. The first kappa shape index (κ1) is 23.0. The smallest absolute Gasteiger partial charge is 0.245 e. The molecule has 1 amide bonds. The van der Waals surface area contributed by atoms with E-state index < -0.39 is 11.7 Å². The number of alkyl halides is 1. The van der Waals surface area contributed by atoms with Gasteiger partial charge in [0.1, 0.15) is 23.9 Å². The van der Waals surface area contributed by atoms with Gasteiger partial charge in [-0.3, -0.25) is 4.79 Å². The number of hydrogen-bond donors (Lipinski definition) is 3. The highest BCUT2D eigenvalue weighted by molar-refractivity contribution is 5.96. The molecule has 0 saturated carbocycles. The first-order valence-electron chi connectivity index (χ1n) is 10.7. The number of carbonyl (C=O) groups excluding carboxylic acids is 1. The highest BCUT2D eigenvalue weighted by Gasteiger charge is 2.25. The number of pyridine rings is 2. The van der Waals surface area contributed by atoms with Crippen LogP contribution in [0.2, 0.25) is 0 Å². The molecule has 11 heteroatoms. The fourth-order valence-corrected chi connectivity index (χ4v) is 3.37. The molecule has 1 atom stereocenters. The first-order valence-corrected chi connectivity index (χ1v) is 10.7. The van der Waals surface area contributed by atoms with Gasteiger partial charge in [-0.05, 0) is 44.5 Å². The lowest BCUT2D eigenvalue weighted by molar-refractivity contribution is -0.120. The summed E-state index contributed by atoms with van der Waals surface area (Å²) >= 11 is 0. The second kappa shape index (κ2) is 9.36. The summed E-state index contributed by atoms with van der Waals surface area (Å²) in [4.78, 5) is 31.1. The third kappa shape index (κ3) is 5.24. The number of nitrogens with zero attached hydrogens (tertiary/aromatic N) is 6. The van der Waals surface area contributed by atoms with Gasteiger partial charge in [-0.25, -0.2) is 24.3 Å². The lowest BCUT2D eigenvalue weighted by Gasteiger charge is -2.18. The molecule has 4 heterocycles. The van der Waals surface area contributed by atoms with E-state index in [2.05, 4.69) is 36.6 Å². The monoisotopic (exact) mass is 461 g/mol. The van der Waals surface area contributed by atoms with Crippen LogP contribution in [0.5, 0.6) is 0 Å². The summed E-state index contributed by atoms with van der Waals surface area (Å²) in [6, 6.07) is 8.91. The van der Waals surface area contributed by atoms with Crippen molar-refractivity contribution in [1.29, 1.82) is 5.26 Å². The van der Waals surface area contributed by atoms with E-state index >= 15 is 0 Å². The molecule has 4 N–H and O–H groups in total. The van der Waals surface area contributed by atoms with Crippen molar-refractivity contribution in [1.82, 2.24) is 19.9 Å². The molecular formula is C23H24FN9O. The Hall–Kier alpha value is -4.17. The van der Waals surface area contributed by atoms with Crippen LogP contribution in [-0.2, 0) is 4.79 Å². The Morgan fingerprint density at radius 1 is 1.26 bits per heavy atom. The van der Waals surface area contributed by atoms with Gasteiger partial charge in [-0.1, -0.05) is 0 Å². The molecule has 3 aromatic heterocycles. The number of aromatic nitrogens is 4. The van der Waals surface area contributed by atoms with Gasteiger partial charge >= 0.3 is 0 Å². The summed E-state index contributed by atoms with van der Waals surface area (Å²) in [5, 5.41) is 15.3. The molecule has 1 saturated heterocycles. The summed E-state index contributed by atoms with van der Waals surface area (Å²) in [5.74, 6) is 0.829. The second-order valence-electron chi connectivity index (χ2n) is 8.54. The molecule has 10 nitrogen and oxygen atoms in total. The van der Waals surface area contributed by atoms with Crippen LogP contribution in [0.1, 0.15) is 25.8 Å². The molecule has 1 unspecified atom stereocenters. The number of nitrogens with one attached hydrogen (secondary N) is 2. The normalized spacial score (nSPS) is 15.6. The summed E-state index contributed by atoms with van der Waals surface area (Å²) in [6.45, 7) is 3.99. The van der Waals surface area contributed by atoms with Crippen molar-refractivity contribution >= 4 is 29.2 Å². The second-order valence-corrected chi connectivity index (χ2v) is 8.54. The van der Waals surface area contributed by atoms with Gasteiger partial charge < -0.3 is 21.3 Å². The van der Waals surface area contributed by atoms with E-state index in [1.165, 1.54) is 6.20 Å². The predicted octanol–water partition coefficient (Wildman–Crippen LogP) is 2.77. The van der Waals surface area contributed by atoms with Crippen LogP contribution in [0.3, 0.4) is 0 Å². The minimum absolute atomic E-state index is 0.239. The minimum Gasteiger partial charge on any atom is -0.352 e. The molecule has 3 aromatic rings. The van der Waals surface area contributed by atoms with Crippen LogP contribution in [0.15, 0.2) is 42.9 Å². The number of halogens is 1. The molecular weight excluding hydrogens is 437 g/mol. The number of carbonyl (C=O) groups is 1. The molecule has 4 rings (SSSR count). The van der Waals surface area contributed by atoms with E-state index in [9.17, 15) is 14.4 Å². The van der Waals surface area contributed by atoms with Crippen molar-refractivity contribution in [3.8, 4) is 17.3 Å². The average Bonchev–Trinajstić information content (AvgIpc) is 3.25. The van der Waals surface area contributed by atoms with Crippen molar-refractivity contribution in [3.05, 3.63) is 48.4 Å². The number of anilines is 4. The molecule has 174 valence electrons. The fraction of sp³-hybridized carbons (Fsp3) is 0.304. The highest BCUT2D eigenvalue weighted by Crippen LogP contribution is 2.27. The largest absolute Gasteiger partial charge is 0.352 e. The van der Waals surface area contributed by atoms with E-state index in [4.69, 9.17) is 5.73 Å². The molecule has 0 spiro atoms. The highest BCUT2D eigenvalue weighted by atomic mass is 19.1. The lowest BCUT2D eigenvalue weighted by Crippen LogP contribution is -2.45. The average molecular weight is 462 g/mol. The zero-order chi connectivity index (χ0) is 24.3. The van der Waals surface area contributed by atoms with Gasteiger partial charge in [0.25, 0.3) is 0 Å². The van der Waals surface area contributed by atoms with Crippen LogP contribution in [-0.4, -0.2) is 50.6 Å². The maximum atomic E-state index is 13.6. The number of nitrogens with two attached hydrogens (primary N) is 1. The van der Waals surface area contributed by atoms with E-state index in [0.29, 0.717) is 53.1 Å². The fourth-order valence-electron chi connectivity index (χ4n) is 3.37. The third-order valence-electron chi connectivity index (χ3n) is 5.22. The SMILES string of the molecule is CC(C)(N)C(=O)Nc1ccc(Nc2nccc(-c3cnc(N4CCC(F)C4)c(C#N)c3)n2)cn1. The summed E-state index contributed by atoms with van der Waals surface area (Å²) in [6.07, 6.45) is 4.27. The standard InChI is InChI=1S/C23H24FN9O/c1-23(2,26)21(34)32-19-4-3-17(12-28-19)30-22-27-7-5-18(31-22)15-9-14(10-25)20(29-11-15)33-8-6-16(24)13-33/h3-5,7,9,11-12,16H,6,8,13,26H2,1-2H3,(H,27,30,31)(H,28,32,34). The van der Waals surface area contributed by atoms with E-state index in [1.807, 2.05) is 0 Å². The van der Waals surface area contributed by atoms with Crippen molar-refractivity contribution in [2.45, 2.75) is 32.0 Å². The third-order valence-corrected chi connectivity index (χ3v) is 5.22. The van der Waals surface area contributed by atoms with Gasteiger partial charge in [0, 0.05) is 24.5 Å². The Bertz CT molecular complexity index is 1230. The van der Waals surface area contributed by atoms with Crippen molar-refractivity contribution in [2.24, 2.45) is 5.73 Å². The topological polar surface area (TPSA) is 146 Å². The molecule has 0 aliphatic carbocycles. The maximum Gasteiger partial charge on any atom is 0.245 e. The lowest BCUT2D eigenvalue weighted by atomic mass is 10.1. The number of rotatable bonds is 6.